The fraction of sp³-hybridized carbons (Fsp3) is 0.294. The van der Waals surface area contributed by atoms with E-state index in [1.54, 1.807) is 0 Å². The Morgan fingerprint density at radius 3 is 2.81 bits per heavy atom. The van der Waals surface area contributed by atoms with Gasteiger partial charge in [-0.25, -0.2) is 4.98 Å². The Hall–Kier alpha value is -2.36. The molecule has 0 spiro atoms. The number of benzene rings is 1. The van der Waals surface area contributed by atoms with Crippen molar-refractivity contribution >= 4 is 6.41 Å². The summed E-state index contributed by atoms with van der Waals surface area (Å²) in [6.45, 7) is 1.34. The summed E-state index contributed by atoms with van der Waals surface area (Å²) in [6, 6.07) is 14.0. The van der Waals surface area contributed by atoms with Crippen molar-refractivity contribution in [3.05, 3.63) is 59.8 Å². The number of hydrogen-bond acceptors (Lipinski definition) is 3. The summed E-state index contributed by atoms with van der Waals surface area (Å²) in [6.07, 6.45) is 4.80. The van der Waals surface area contributed by atoms with Crippen molar-refractivity contribution in [2.75, 3.05) is 6.54 Å². The molecule has 1 fully saturated rings. The third kappa shape index (κ3) is 3.21. The van der Waals surface area contributed by atoms with Crippen LogP contribution in [0.5, 0.6) is 5.88 Å². The van der Waals surface area contributed by atoms with E-state index in [0.717, 1.165) is 36.9 Å². The highest BCUT2D eigenvalue weighted by Crippen LogP contribution is 2.30. The number of amides is 1. The van der Waals surface area contributed by atoms with Gasteiger partial charge in [-0.15, -0.1) is 0 Å². The van der Waals surface area contributed by atoms with E-state index in [-0.39, 0.29) is 6.04 Å². The lowest BCUT2D eigenvalue weighted by atomic mass is 10.1. The lowest BCUT2D eigenvalue weighted by Gasteiger charge is -2.19. The Bertz CT molecular complexity index is 583. The Morgan fingerprint density at radius 2 is 2.10 bits per heavy atom. The molecule has 0 saturated carbocycles. The Morgan fingerprint density at radius 1 is 1.24 bits per heavy atom. The van der Waals surface area contributed by atoms with E-state index in [0.29, 0.717) is 12.5 Å². The van der Waals surface area contributed by atoms with Crippen molar-refractivity contribution in [2.24, 2.45) is 0 Å². The second kappa shape index (κ2) is 6.39. The zero-order valence-corrected chi connectivity index (χ0v) is 11.8. The number of hydrogen-bond donors (Lipinski definition) is 0. The SMILES string of the molecule is O=CN1CCC[C@H]1c1ccc(OCc2ccccc2)nc1. The molecule has 0 unspecified atom stereocenters. The van der Waals surface area contributed by atoms with Crippen molar-refractivity contribution < 1.29 is 9.53 Å². The van der Waals surface area contributed by atoms with Crippen LogP contribution in [0.4, 0.5) is 0 Å². The third-order valence-electron chi connectivity index (χ3n) is 3.80. The van der Waals surface area contributed by atoms with Crippen LogP contribution < -0.4 is 4.74 Å². The first kappa shape index (κ1) is 13.6. The number of carbonyl (C=O) groups is 1. The summed E-state index contributed by atoms with van der Waals surface area (Å²) in [7, 11) is 0. The lowest BCUT2D eigenvalue weighted by Crippen LogP contribution is -2.21. The number of likely N-dealkylation sites (tertiary alicyclic amines) is 1. The van der Waals surface area contributed by atoms with Crippen molar-refractivity contribution in [1.82, 2.24) is 9.88 Å². The van der Waals surface area contributed by atoms with Crippen LogP contribution in [0.3, 0.4) is 0 Å². The summed E-state index contributed by atoms with van der Waals surface area (Å²) >= 11 is 0. The zero-order chi connectivity index (χ0) is 14.5. The smallest absolute Gasteiger partial charge is 0.213 e. The van der Waals surface area contributed by atoms with E-state index in [1.165, 1.54) is 0 Å². The minimum atomic E-state index is 0.165. The van der Waals surface area contributed by atoms with Gasteiger partial charge in [-0.2, -0.15) is 0 Å². The molecule has 0 aliphatic carbocycles. The quantitative estimate of drug-likeness (QED) is 0.792. The molecule has 108 valence electrons. The van der Waals surface area contributed by atoms with Crippen molar-refractivity contribution in [2.45, 2.75) is 25.5 Å². The fourth-order valence-corrected chi connectivity index (χ4v) is 2.68. The molecule has 1 aromatic carbocycles. The molecule has 1 aliphatic rings. The van der Waals surface area contributed by atoms with Crippen LogP contribution in [0.2, 0.25) is 0 Å². The lowest BCUT2D eigenvalue weighted by molar-refractivity contribution is -0.118. The Balaban J connectivity index is 1.63. The van der Waals surface area contributed by atoms with Gasteiger partial charge < -0.3 is 9.64 Å². The molecular formula is C17H18N2O2. The molecule has 0 N–H and O–H groups in total. The molecule has 4 nitrogen and oxygen atoms in total. The van der Waals surface area contributed by atoms with E-state index in [4.69, 9.17) is 4.74 Å². The largest absolute Gasteiger partial charge is 0.473 e. The number of carbonyl (C=O) groups excluding carboxylic acids is 1. The molecule has 1 atom stereocenters. The Kier molecular flexibility index (Phi) is 4.15. The van der Waals surface area contributed by atoms with Crippen LogP contribution in [0, 0.1) is 0 Å². The van der Waals surface area contributed by atoms with Gasteiger partial charge in [-0.05, 0) is 24.0 Å². The van der Waals surface area contributed by atoms with Gasteiger partial charge in [0.15, 0.2) is 0 Å². The van der Waals surface area contributed by atoms with Crippen LogP contribution in [0.15, 0.2) is 48.7 Å². The molecule has 1 saturated heterocycles. The van der Waals surface area contributed by atoms with Gasteiger partial charge in [0, 0.05) is 18.8 Å². The minimum absolute atomic E-state index is 0.165. The minimum Gasteiger partial charge on any atom is -0.473 e. The van der Waals surface area contributed by atoms with Crippen molar-refractivity contribution in [3.63, 3.8) is 0 Å². The first-order valence-electron chi connectivity index (χ1n) is 7.20. The second-order valence-electron chi connectivity index (χ2n) is 5.21. The van der Waals surface area contributed by atoms with Gasteiger partial charge in [0.05, 0.1) is 6.04 Å². The molecule has 1 aromatic heterocycles. The number of nitrogens with zero attached hydrogens (tertiary/aromatic N) is 2. The standard InChI is InChI=1S/C17H18N2O2/c20-13-19-10-4-7-16(19)15-8-9-17(18-11-15)21-12-14-5-2-1-3-6-14/h1-3,5-6,8-9,11,13,16H,4,7,10,12H2/t16-/m0/s1. The monoisotopic (exact) mass is 282 g/mol. The van der Waals surface area contributed by atoms with E-state index >= 15 is 0 Å². The summed E-state index contributed by atoms with van der Waals surface area (Å²) < 4.78 is 5.67. The van der Waals surface area contributed by atoms with Crippen LogP contribution in [0.1, 0.15) is 30.0 Å². The van der Waals surface area contributed by atoms with Gasteiger partial charge in [0.2, 0.25) is 12.3 Å². The maximum atomic E-state index is 11.0. The molecular weight excluding hydrogens is 264 g/mol. The normalized spacial score (nSPS) is 17.7. The third-order valence-corrected chi connectivity index (χ3v) is 3.80. The maximum Gasteiger partial charge on any atom is 0.213 e. The predicted molar refractivity (Wildman–Crippen MR) is 79.8 cm³/mol. The van der Waals surface area contributed by atoms with Gasteiger partial charge in [-0.1, -0.05) is 36.4 Å². The van der Waals surface area contributed by atoms with Gasteiger partial charge >= 0.3 is 0 Å². The molecule has 1 aliphatic heterocycles. The van der Waals surface area contributed by atoms with Crippen molar-refractivity contribution in [1.29, 1.82) is 0 Å². The highest BCUT2D eigenvalue weighted by atomic mass is 16.5. The summed E-state index contributed by atoms with van der Waals surface area (Å²) in [5.41, 5.74) is 2.19. The molecule has 1 amide bonds. The summed E-state index contributed by atoms with van der Waals surface area (Å²) in [4.78, 5) is 17.2. The molecule has 0 radical (unpaired) electrons. The summed E-state index contributed by atoms with van der Waals surface area (Å²) in [5.74, 6) is 0.609. The Labute approximate surface area is 124 Å². The van der Waals surface area contributed by atoms with E-state index in [2.05, 4.69) is 4.98 Å². The fourth-order valence-electron chi connectivity index (χ4n) is 2.68. The first-order chi connectivity index (χ1) is 10.4. The number of rotatable bonds is 5. The van der Waals surface area contributed by atoms with E-state index in [9.17, 15) is 4.79 Å². The zero-order valence-electron chi connectivity index (χ0n) is 11.8. The predicted octanol–water partition coefficient (Wildman–Crippen LogP) is 2.95. The van der Waals surface area contributed by atoms with Crippen LogP contribution in [-0.4, -0.2) is 22.8 Å². The second-order valence-corrected chi connectivity index (χ2v) is 5.21. The van der Waals surface area contributed by atoms with Gasteiger partial charge in [-0.3, -0.25) is 4.79 Å². The average Bonchev–Trinajstić information content (AvgIpc) is 3.03. The molecule has 2 aromatic rings. The van der Waals surface area contributed by atoms with Gasteiger partial charge in [0.1, 0.15) is 6.61 Å². The first-order valence-corrected chi connectivity index (χ1v) is 7.20. The number of ether oxygens (including phenoxy) is 1. The van der Waals surface area contributed by atoms with Crippen LogP contribution in [0.25, 0.3) is 0 Å². The highest BCUT2D eigenvalue weighted by molar-refractivity contribution is 5.49. The molecule has 3 rings (SSSR count). The molecule has 21 heavy (non-hydrogen) atoms. The topological polar surface area (TPSA) is 42.4 Å². The van der Waals surface area contributed by atoms with E-state index in [1.807, 2.05) is 53.6 Å². The van der Waals surface area contributed by atoms with Crippen LogP contribution in [-0.2, 0) is 11.4 Å². The summed E-state index contributed by atoms with van der Waals surface area (Å²) in [5, 5.41) is 0. The van der Waals surface area contributed by atoms with E-state index < -0.39 is 0 Å². The molecule has 2 heterocycles. The highest BCUT2D eigenvalue weighted by Gasteiger charge is 2.24. The average molecular weight is 282 g/mol. The molecule has 4 heteroatoms. The number of aromatic nitrogens is 1. The van der Waals surface area contributed by atoms with Crippen LogP contribution >= 0.6 is 0 Å². The maximum absolute atomic E-state index is 11.0. The molecule has 0 bridgehead atoms. The van der Waals surface area contributed by atoms with Gasteiger partial charge in [0.25, 0.3) is 0 Å². The van der Waals surface area contributed by atoms with Crippen molar-refractivity contribution in [3.8, 4) is 5.88 Å². The number of pyridine rings is 1.